The van der Waals surface area contributed by atoms with Crippen LogP contribution in [0.1, 0.15) is 30.1 Å². The second kappa shape index (κ2) is 3.57. The number of nitrogen functional groups attached to an aromatic ring is 1. The molecule has 1 aliphatic rings. The van der Waals surface area contributed by atoms with Crippen LogP contribution in [0.5, 0.6) is 0 Å². The van der Waals surface area contributed by atoms with Gasteiger partial charge in [0.25, 0.3) is 5.91 Å². The van der Waals surface area contributed by atoms with Gasteiger partial charge in [0, 0.05) is 17.8 Å². The van der Waals surface area contributed by atoms with Crippen molar-refractivity contribution in [1.82, 2.24) is 5.32 Å². The predicted molar refractivity (Wildman–Crippen MR) is 60.5 cm³/mol. The van der Waals surface area contributed by atoms with Gasteiger partial charge >= 0.3 is 0 Å². The molecule has 1 saturated carbocycles. The van der Waals surface area contributed by atoms with E-state index in [1.165, 1.54) is 12.8 Å². The molecular weight excluding hydrogens is 188 g/mol. The van der Waals surface area contributed by atoms with Gasteiger partial charge in [-0.1, -0.05) is 6.92 Å². The van der Waals surface area contributed by atoms with Crippen molar-refractivity contribution in [2.24, 2.45) is 5.41 Å². The highest BCUT2D eigenvalue weighted by Gasteiger charge is 2.37. The van der Waals surface area contributed by atoms with E-state index in [2.05, 4.69) is 12.2 Å². The number of rotatable bonds is 3. The van der Waals surface area contributed by atoms with Gasteiger partial charge in [0.15, 0.2) is 0 Å². The van der Waals surface area contributed by atoms with E-state index in [-0.39, 0.29) is 5.91 Å². The molecule has 0 aromatic heterocycles. The monoisotopic (exact) mass is 204 g/mol. The van der Waals surface area contributed by atoms with Crippen molar-refractivity contribution < 1.29 is 4.79 Å². The highest BCUT2D eigenvalue weighted by atomic mass is 16.1. The lowest BCUT2D eigenvalue weighted by atomic mass is 10.1. The molecule has 1 aromatic carbocycles. The number of carbonyl (C=O) groups excluding carboxylic acids is 1. The van der Waals surface area contributed by atoms with Crippen LogP contribution in [0.15, 0.2) is 24.3 Å². The molecule has 0 saturated heterocycles. The van der Waals surface area contributed by atoms with E-state index < -0.39 is 0 Å². The first kappa shape index (κ1) is 10.0. The van der Waals surface area contributed by atoms with Crippen molar-refractivity contribution in [3.05, 3.63) is 29.8 Å². The van der Waals surface area contributed by atoms with Crippen LogP contribution in [0.4, 0.5) is 5.69 Å². The fourth-order valence-electron chi connectivity index (χ4n) is 1.42. The van der Waals surface area contributed by atoms with Crippen molar-refractivity contribution in [1.29, 1.82) is 0 Å². The van der Waals surface area contributed by atoms with Crippen LogP contribution in [0.2, 0.25) is 0 Å². The molecule has 0 spiro atoms. The normalized spacial score (nSPS) is 17.1. The molecule has 0 unspecified atom stereocenters. The van der Waals surface area contributed by atoms with E-state index in [1.807, 2.05) is 0 Å². The third-order valence-electron chi connectivity index (χ3n) is 2.95. The Morgan fingerprint density at radius 2 is 2.00 bits per heavy atom. The molecule has 15 heavy (non-hydrogen) atoms. The maximum absolute atomic E-state index is 11.7. The van der Waals surface area contributed by atoms with Crippen LogP contribution in [0.25, 0.3) is 0 Å². The molecule has 3 nitrogen and oxygen atoms in total. The van der Waals surface area contributed by atoms with Gasteiger partial charge in [0.2, 0.25) is 0 Å². The average molecular weight is 204 g/mol. The first-order chi connectivity index (χ1) is 7.09. The second-order valence-corrected chi connectivity index (χ2v) is 4.62. The number of hydrogen-bond acceptors (Lipinski definition) is 2. The molecule has 1 aliphatic carbocycles. The Hall–Kier alpha value is -1.51. The van der Waals surface area contributed by atoms with E-state index >= 15 is 0 Å². The summed E-state index contributed by atoms with van der Waals surface area (Å²) >= 11 is 0. The van der Waals surface area contributed by atoms with Crippen molar-refractivity contribution in [2.75, 3.05) is 12.3 Å². The Kier molecular flexibility index (Phi) is 2.39. The Morgan fingerprint density at radius 1 is 1.40 bits per heavy atom. The summed E-state index contributed by atoms with van der Waals surface area (Å²) in [7, 11) is 0. The van der Waals surface area contributed by atoms with Gasteiger partial charge in [-0.3, -0.25) is 4.79 Å². The maximum Gasteiger partial charge on any atom is 0.251 e. The van der Waals surface area contributed by atoms with Crippen LogP contribution in [-0.2, 0) is 0 Å². The molecule has 1 amide bonds. The Morgan fingerprint density at radius 3 is 2.53 bits per heavy atom. The topological polar surface area (TPSA) is 55.1 Å². The van der Waals surface area contributed by atoms with Gasteiger partial charge in [0.05, 0.1) is 0 Å². The molecule has 0 bridgehead atoms. The van der Waals surface area contributed by atoms with Gasteiger partial charge < -0.3 is 11.1 Å². The standard InChI is InChI=1S/C12H16N2O/c1-12(6-7-12)8-14-11(15)9-2-4-10(13)5-3-9/h2-5H,6-8,13H2,1H3,(H,14,15). The summed E-state index contributed by atoms with van der Waals surface area (Å²) < 4.78 is 0. The number of carbonyl (C=O) groups is 1. The molecule has 80 valence electrons. The van der Waals surface area contributed by atoms with Crippen LogP contribution < -0.4 is 11.1 Å². The average Bonchev–Trinajstić information content (AvgIpc) is 2.95. The second-order valence-electron chi connectivity index (χ2n) is 4.62. The molecule has 1 aromatic rings. The van der Waals surface area contributed by atoms with E-state index in [9.17, 15) is 4.79 Å². The summed E-state index contributed by atoms with van der Waals surface area (Å²) in [6, 6.07) is 6.99. The minimum absolute atomic E-state index is 0.0110. The molecule has 0 atom stereocenters. The van der Waals surface area contributed by atoms with Gasteiger partial charge in [0.1, 0.15) is 0 Å². The molecule has 1 fully saturated rings. The Bertz CT molecular complexity index is 366. The van der Waals surface area contributed by atoms with E-state index in [1.54, 1.807) is 24.3 Å². The van der Waals surface area contributed by atoms with E-state index in [0.717, 1.165) is 6.54 Å². The van der Waals surface area contributed by atoms with Gasteiger partial charge in [-0.05, 0) is 42.5 Å². The molecule has 3 heteroatoms. The predicted octanol–water partition coefficient (Wildman–Crippen LogP) is 1.80. The minimum Gasteiger partial charge on any atom is -0.399 e. The highest BCUT2D eigenvalue weighted by Crippen LogP contribution is 2.44. The fraction of sp³-hybridized carbons (Fsp3) is 0.417. The zero-order valence-corrected chi connectivity index (χ0v) is 8.92. The smallest absolute Gasteiger partial charge is 0.251 e. The molecule has 0 heterocycles. The highest BCUT2D eigenvalue weighted by molar-refractivity contribution is 5.94. The maximum atomic E-state index is 11.7. The van der Waals surface area contributed by atoms with Crippen molar-refractivity contribution in [3.8, 4) is 0 Å². The summed E-state index contributed by atoms with van der Waals surface area (Å²) in [6.07, 6.45) is 2.43. The first-order valence-corrected chi connectivity index (χ1v) is 5.23. The zero-order valence-electron chi connectivity index (χ0n) is 8.92. The fourth-order valence-corrected chi connectivity index (χ4v) is 1.42. The summed E-state index contributed by atoms with van der Waals surface area (Å²) in [4.78, 5) is 11.7. The van der Waals surface area contributed by atoms with Crippen LogP contribution in [0.3, 0.4) is 0 Å². The summed E-state index contributed by atoms with van der Waals surface area (Å²) in [5.41, 5.74) is 7.25. The lowest BCUT2D eigenvalue weighted by Gasteiger charge is -2.09. The lowest BCUT2D eigenvalue weighted by molar-refractivity contribution is 0.0946. The van der Waals surface area contributed by atoms with E-state index in [4.69, 9.17) is 5.73 Å². The Labute approximate surface area is 89.7 Å². The SMILES string of the molecule is CC1(CNC(=O)c2ccc(N)cc2)CC1. The molecule has 0 radical (unpaired) electrons. The number of anilines is 1. The van der Waals surface area contributed by atoms with Crippen LogP contribution in [0, 0.1) is 5.41 Å². The quantitative estimate of drug-likeness (QED) is 0.738. The number of hydrogen-bond donors (Lipinski definition) is 2. The van der Waals surface area contributed by atoms with Gasteiger partial charge in [-0.15, -0.1) is 0 Å². The van der Waals surface area contributed by atoms with Gasteiger partial charge in [-0.2, -0.15) is 0 Å². The summed E-state index contributed by atoms with van der Waals surface area (Å²) in [5.74, 6) is -0.0110. The number of amides is 1. The number of benzene rings is 1. The van der Waals surface area contributed by atoms with Crippen LogP contribution >= 0.6 is 0 Å². The summed E-state index contributed by atoms with van der Waals surface area (Å²) in [6.45, 7) is 2.96. The lowest BCUT2D eigenvalue weighted by Crippen LogP contribution is -2.28. The van der Waals surface area contributed by atoms with Crippen molar-refractivity contribution in [3.63, 3.8) is 0 Å². The first-order valence-electron chi connectivity index (χ1n) is 5.23. The largest absolute Gasteiger partial charge is 0.399 e. The summed E-state index contributed by atoms with van der Waals surface area (Å²) in [5, 5.41) is 2.94. The molecule has 3 N–H and O–H groups in total. The Balaban J connectivity index is 1.92. The van der Waals surface area contributed by atoms with Crippen molar-refractivity contribution in [2.45, 2.75) is 19.8 Å². The minimum atomic E-state index is -0.0110. The number of nitrogens with one attached hydrogen (secondary N) is 1. The third kappa shape index (κ3) is 2.49. The molecular formula is C12H16N2O. The van der Waals surface area contributed by atoms with Crippen molar-refractivity contribution >= 4 is 11.6 Å². The number of nitrogens with two attached hydrogens (primary N) is 1. The zero-order chi connectivity index (χ0) is 10.9. The van der Waals surface area contributed by atoms with Gasteiger partial charge in [-0.25, -0.2) is 0 Å². The van der Waals surface area contributed by atoms with E-state index in [0.29, 0.717) is 16.7 Å². The molecule has 0 aliphatic heterocycles. The third-order valence-corrected chi connectivity index (χ3v) is 2.95. The molecule has 2 rings (SSSR count). The van der Waals surface area contributed by atoms with Crippen LogP contribution in [-0.4, -0.2) is 12.5 Å².